The monoisotopic (exact) mass is 411 g/mol. The Morgan fingerprint density at radius 2 is 1.37 bits per heavy atom. The number of aryl methyl sites for hydroxylation is 1. The van der Waals surface area contributed by atoms with E-state index < -0.39 is 0 Å². The molecule has 1 aromatic rings. The van der Waals surface area contributed by atoms with E-state index in [0.29, 0.717) is 6.29 Å². The lowest BCUT2D eigenvalue weighted by molar-refractivity contribution is -0.104. The highest BCUT2D eigenvalue weighted by Crippen LogP contribution is 2.43. The highest BCUT2D eigenvalue weighted by Gasteiger charge is 2.30. The first-order valence-electron chi connectivity index (χ1n) is 12.6. The van der Waals surface area contributed by atoms with Crippen LogP contribution in [0.2, 0.25) is 0 Å². The molecule has 3 rings (SSSR count). The fourth-order valence-corrected chi connectivity index (χ4v) is 5.63. The summed E-state index contributed by atoms with van der Waals surface area (Å²) in [6.45, 7) is 5.43. The van der Waals surface area contributed by atoms with Crippen molar-refractivity contribution in [1.29, 1.82) is 0 Å². The molecule has 168 valence electrons. The molecule has 2 saturated carbocycles. The van der Waals surface area contributed by atoms with Crippen molar-refractivity contribution < 1.29 is 4.79 Å². The Bertz CT molecular complexity index is 571. The summed E-state index contributed by atoms with van der Waals surface area (Å²) in [5, 5.41) is 0. The maximum atomic E-state index is 9.06. The van der Waals surface area contributed by atoms with Crippen LogP contribution >= 0.6 is 0 Å². The van der Waals surface area contributed by atoms with Crippen LogP contribution in [0.5, 0.6) is 0 Å². The normalized spacial score (nSPS) is 26.3. The lowest BCUT2D eigenvalue weighted by atomic mass is 9.68. The third kappa shape index (κ3) is 9.06. The molecule has 2 heteroatoms. The zero-order valence-corrected chi connectivity index (χ0v) is 19.4. The minimum Gasteiger partial charge on any atom is -0.399 e. The lowest BCUT2D eigenvalue weighted by Gasteiger charge is -2.38. The summed E-state index contributed by atoms with van der Waals surface area (Å²) in [7, 11) is 0. The molecule has 2 fully saturated rings. The zero-order chi connectivity index (χ0) is 21.6. The van der Waals surface area contributed by atoms with Gasteiger partial charge >= 0.3 is 0 Å². The number of hydrogen-bond acceptors (Lipinski definition) is 2. The van der Waals surface area contributed by atoms with Crippen LogP contribution < -0.4 is 5.73 Å². The maximum absolute atomic E-state index is 9.06. The quantitative estimate of drug-likeness (QED) is 0.195. The van der Waals surface area contributed by atoms with Crippen molar-refractivity contribution in [3.05, 3.63) is 42.5 Å². The van der Waals surface area contributed by atoms with E-state index in [1.807, 2.05) is 12.1 Å². The number of carbonyl (C=O) groups excluding carboxylic acids is 1. The van der Waals surface area contributed by atoms with E-state index in [1.165, 1.54) is 102 Å². The molecule has 0 radical (unpaired) electrons. The zero-order valence-electron chi connectivity index (χ0n) is 19.4. The molecule has 2 N–H and O–H groups in total. The minimum absolute atomic E-state index is 0.639. The third-order valence-corrected chi connectivity index (χ3v) is 7.58. The van der Waals surface area contributed by atoms with Gasteiger partial charge in [0.25, 0.3) is 0 Å². The standard InChI is InChI=1S/C25H41N.C3H4O/c1-2-3-4-5-20-8-14-23(15-9-20)24-16-10-21(11-17-24)6-7-22-12-18-25(26)19-13-22;1-2-3-4/h12-13,18-21,23-24H,2-11,14-17,26H2,1H3;2-3H,1H2. The minimum atomic E-state index is 0.639. The molecule has 0 saturated heterocycles. The molecule has 0 heterocycles. The molecule has 0 aliphatic heterocycles. The van der Waals surface area contributed by atoms with E-state index >= 15 is 0 Å². The Morgan fingerprint density at radius 1 is 0.867 bits per heavy atom. The van der Waals surface area contributed by atoms with Crippen LogP contribution in [-0.4, -0.2) is 6.29 Å². The van der Waals surface area contributed by atoms with Gasteiger partial charge in [0.05, 0.1) is 0 Å². The molecule has 0 amide bonds. The Morgan fingerprint density at radius 3 is 1.83 bits per heavy atom. The van der Waals surface area contributed by atoms with Crippen LogP contribution in [-0.2, 0) is 11.2 Å². The van der Waals surface area contributed by atoms with Crippen LogP contribution in [0.25, 0.3) is 0 Å². The number of carbonyl (C=O) groups is 1. The third-order valence-electron chi connectivity index (χ3n) is 7.58. The number of benzene rings is 1. The van der Waals surface area contributed by atoms with Gasteiger partial charge < -0.3 is 5.73 Å². The Hall–Kier alpha value is -1.57. The van der Waals surface area contributed by atoms with Crippen LogP contribution in [0.3, 0.4) is 0 Å². The molecule has 0 unspecified atom stereocenters. The van der Waals surface area contributed by atoms with Crippen molar-refractivity contribution in [2.45, 2.75) is 96.8 Å². The van der Waals surface area contributed by atoms with Gasteiger partial charge in [0.1, 0.15) is 6.29 Å². The van der Waals surface area contributed by atoms with Crippen molar-refractivity contribution in [2.75, 3.05) is 5.73 Å². The number of rotatable bonds is 9. The van der Waals surface area contributed by atoms with Gasteiger partial charge in [0, 0.05) is 5.69 Å². The highest BCUT2D eigenvalue weighted by molar-refractivity contribution is 5.63. The SMILES string of the molecule is C=CC=O.CCCCCC1CCC(C2CCC(CCc3ccc(N)cc3)CC2)CC1. The van der Waals surface area contributed by atoms with Gasteiger partial charge in [0.15, 0.2) is 0 Å². The first-order valence-corrected chi connectivity index (χ1v) is 12.6. The van der Waals surface area contributed by atoms with Crippen molar-refractivity contribution >= 4 is 12.0 Å². The highest BCUT2D eigenvalue weighted by atomic mass is 16.1. The summed E-state index contributed by atoms with van der Waals surface area (Å²) in [6, 6.07) is 8.51. The largest absolute Gasteiger partial charge is 0.399 e. The lowest BCUT2D eigenvalue weighted by Crippen LogP contribution is -2.26. The second kappa shape index (κ2) is 14.4. The predicted octanol–water partition coefficient (Wildman–Crippen LogP) is 7.77. The molecule has 1 aromatic carbocycles. The van der Waals surface area contributed by atoms with Gasteiger partial charge in [-0.2, -0.15) is 0 Å². The molecule has 0 spiro atoms. The van der Waals surface area contributed by atoms with E-state index in [9.17, 15) is 0 Å². The number of allylic oxidation sites excluding steroid dienone is 1. The molecular formula is C28H45NO. The molecule has 2 nitrogen and oxygen atoms in total. The number of unbranched alkanes of at least 4 members (excludes halogenated alkanes) is 2. The molecule has 0 aromatic heterocycles. The van der Waals surface area contributed by atoms with E-state index in [4.69, 9.17) is 10.5 Å². The number of nitrogen functional groups attached to an aromatic ring is 1. The summed E-state index contributed by atoms with van der Waals surface area (Å²) >= 11 is 0. The first-order chi connectivity index (χ1) is 14.7. The van der Waals surface area contributed by atoms with Gasteiger partial charge in [-0.1, -0.05) is 77.0 Å². The smallest absolute Gasteiger partial charge is 0.142 e. The Kier molecular flexibility index (Phi) is 11.9. The van der Waals surface area contributed by atoms with Gasteiger partial charge in [-0.25, -0.2) is 0 Å². The van der Waals surface area contributed by atoms with Gasteiger partial charge in [-0.15, -0.1) is 0 Å². The second-order valence-corrected chi connectivity index (χ2v) is 9.71. The topological polar surface area (TPSA) is 43.1 Å². The maximum Gasteiger partial charge on any atom is 0.142 e. The molecule has 2 aliphatic rings. The fourth-order valence-electron chi connectivity index (χ4n) is 5.63. The van der Waals surface area contributed by atoms with Crippen molar-refractivity contribution in [3.63, 3.8) is 0 Å². The number of aldehydes is 1. The average molecular weight is 412 g/mol. The first kappa shape index (κ1) is 24.7. The average Bonchev–Trinajstić information content (AvgIpc) is 2.80. The van der Waals surface area contributed by atoms with Crippen LogP contribution in [0.1, 0.15) is 96.0 Å². The van der Waals surface area contributed by atoms with Gasteiger partial charge in [-0.3, -0.25) is 4.79 Å². The van der Waals surface area contributed by atoms with Crippen LogP contribution in [0.15, 0.2) is 36.9 Å². The summed E-state index contributed by atoms with van der Waals surface area (Å²) in [5.74, 6) is 4.15. The summed E-state index contributed by atoms with van der Waals surface area (Å²) in [6.07, 6.45) is 22.4. The molecule has 30 heavy (non-hydrogen) atoms. The molecule has 0 atom stereocenters. The molecule has 0 bridgehead atoms. The van der Waals surface area contributed by atoms with Gasteiger partial charge in [-0.05, 0) is 86.0 Å². The summed E-state index contributed by atoms with van der Waals surface area (Å²) in [5.41, 5.74) is 8.14. The Labute approximate surface area is 185 Å². The number of anilines is 1. The van der Waals surface area contributed by atoms with E-state index in [0.717, 1.165) is 29.4 Å². The number of hydrogen-bond donors (Lipinski definition) is 1. The van der Waals surface area contributed by atoms with Crippen molar-refractivity contribution in [3.8, 4) is 0 Å². The van der Waals surface area contributed by atoms with Crippen molar-refractivity contribution in [1.82, 2.24) is 0 Å². The molecular weight excluding hydrogens is 366 g/mol. The molecule has 2 aliphatic carbocycles. The summed E-state index contributed by atoms with van der Waals surface area (Å²) in [4.78, 5) is 9.06. The Balaban J connectivity index is 0.000000735. The van der Waals surface area contributed by atoms with Crippen molar-refractivity contribution in [2.24, 2.45) is 23.7 Å². The fraction of sp³-hybridized carbons (Fsp3) is 0.679. The second-order valence-electron chi connectivity index (χ2n) is 9.71. The number of nitrogens with two attached hydrogens (primary N) is 1. The van der Waals surface area contributed by atoms with E-state index in [1.54, 1.807) is 0 Å². The van der Waals surface area contributed by atoms with E-state index in [2.05, 4.69) is 25.6 Å². The van der Waals surface area contributed by atoms with Gasteiger partial charge in [0.2, 0.25) is 0 Å². The summed E-state index contributed by atoms with van der Waals surface area (Å²) < 4.78 is 0. The predicted molar refractivity (Wildman–Crippen MR) is 130 cm³/mol. The van der Waals surface area contributed by atoms with Crippen LogP contribution in [0.4, 0.5) is 5.69 Å². The van der Waals surface area contributed by atoms with Crippen LogP contribution in [0, 0.1) is 23.7 Å². The van der Waals surface area contributed by atoms with E-state index in [-0.39, 0.29) is 0 Å².